The zero-order chi connectivity index (χ0) is 18.8. The summed E-state index contributed by atoms with van der Waals surface area (Å²) in [7, 11) is 0. The molecule has 0 saturated heterocycles. The van der Waals surface area contributed by atoms with E-state index in [1.54, 1.807) is 0 Å². The van der Waals surface area contributed by atoms with Crippen LogP contribution in [0.5, 0.6) is 0 Å². The number of fused-ring (bicyclic) bond motifs is 1. The van der Waals surface area contributed by atoms with Gasteiger partial charge in [0.25, 0.3) is 0 Å². The van der Waals surface area contributed by atoms with Gasteiger partial charge in [0.2, 0.25) is 0 Å². The van der Waals surface area contributed by atoms with E-state index in [9.17, 15) is 0 Å². The minimum Gasteiger partial charge on any atom is -0.477 e. The van der Waals surface area contributed by atoms with Gasteiger partial charge in [-0.3, -0.25) is 6.08 Å². The third kappa shape index (κ3) is 41.8. The number of nitrogens with one attached hydrogen (secondary N) is 1. The molecule has 1 aromatic carbocycles. The van der Waals surface area contributed by atoms with E-state index >= 15 is 0 Å². The molecule has 1 heterocycles. The number of benzene rings is 1. The third-order valence-corrected chi connectivity index (χ3v) is 1.98. The van der Waals surface area contributed by atoms with Crippen molar-refractivity contribution in [3.05, 3.63) is 102 Å². The van der Waals surface area contributed by atoms with Crippen molar-refractivity contribution in [2.75, 3.05) is 0 Å². The van der Waals surface area contributed by atoms with Gasteiger partial charge in [0.1, 0.15) is 0 Å². The standard InChI is InChI=1S/C8H6N.C5H5.2C4H9.4CH3.CH2.2ClH.Zr/c1-2-4-8-7(3-1)5-6-9-8;1-2-4-5-3-1;2*1-4(2)3;;;;;;;;/h1-5,9H;1-3H,4H2;2*1-3H3;4*1H3;1H2;2*1H;/q8*-1;;;;. The number of rotatable bonds is 0. The van der Waals surface area contributed by atoms with Gasteiger partial charge in [0.05, 0.1) is 0 Å². The van der Waals surface area contributed by atoms with E-state index in [1.807, 2.05) is 36.4 Å². The van der Waals surface area contributed by atoms with Crippen LogP contribution in [0.1, 0.15) is 48.0 Å². The molecule has 30 heavy (non-hydrogen) atoms. The molecule has 0 atom stereocenters. The molecule has 0 unspecified atom stereocenters. The van der Waals surface area contributed by atoms with Gasteiger partial charge in [-0.1, -0.05) is 12.1 Å². The average molecular weight is 534 g/mol. The number of aromatic amines is 1. The second-order valence-corrected chi connectivity index (χ2v) is 6.00. The zero-order valence-corrected chi connectivity index (χ0v) is 24.9. The molecule has 0 aliphatic heterocycles. The Morgan fingerprint density at radius 1 is 0.867 bits per heavy atom. The summed E-state index contributed by atoms with van der Waals surface area (Å²) in [6, 6.07) is 10.1. The van der Waals surface area contributed by atoms with Gasteiger partial charge in [-0.05, 0) is 0 Å². The van der Waals surface area contributed by atoms with Crippen molar-refractivity contribution >= 4 is 39.9 Å². The molecule has 0 bridgehead atoms. The van der Waals surface area contributed by atoms with Gasteiger partial charge in [-0.15, -0.1) is 55.1 Å². The first kappa shape index (κ1) is 51.9. The fraction of sp³-hybridized carbons (Fsp3) is 0.269. The van der Waals surface area contributed by atoms with E-state index < -0.39 is 0 Å². The summed E-state index contributed by atoms with van der Waals surface area (Å²) in [5, 5.41) is 1.22. The van der Waals surface area contributed by atoms with Gasteiger partial charge < -0.3 is 46.5 Å². The van der Waals surface area contributed by atoms with Crippen LogP contribution >= 0.6 is 24.8 Å². The van der Waals surface area contributed by atoms with E-state index in [-0.39, 0.29) is 54.5 Å². The van der Waals surface area contributed by atoms with Crippen LogP contribution in [-0.2, 0) is 24.2 Å². The van der Waals surface area contributed by atoms with Crippen molar-refractivity contribution in [3.8, 4) is 0 Å². The van der Waals surface area contributed by atoms with Crippen molar-refractivity contribution in [3.63, 3.8) is 0 Å². The third-order valence-electron chi connectivity index (χ3n) is 1.98. The SMILES string of the molecule is C[C-](C)C.C[C-](C)C.Cl.Cl.[C-]1=CC=CC1.[CH2]=[Zr].[CH3-].[CH3-].[CH3-].[CH3-].[c-]1cc2ccccc2[nH]1. The Kier molecular flexibility index (Phi) is 67.6. The molecule has 4 heteroatoms. The van der Waals surface area contributed by atoms with Crippen LogP contribution in [-0.4, -0.2) is 9.20 Å². The molecule has 1 aliphatic carbocycles. The molecule has 1 aliphatic rings. The van der Waals surface area contributed by atoms with Gasteiger partial charge in [0.15, 0.2) is 0 Å². The van der Waals surface area contributed by atoms with Crippen molar-refractivity contribution < 1.29 is 24.2 Å². The Bertz CT molecular complexity index is 509. The summed E-state index contributed by atoms with van der Waals surface area (Å²) < 4.78 is 3.34. The second-order valence-electron chi connectivity index (χ2n) is 6.00. The Morgan fingerprint density at radius 2 is 1.30 bits per heavy atom. The number of H-pyrrole nitrogens is 1. The molecule has 0 spiro atoms. The number of halogens is 2. The molecule has 180 valence electrons. The minimum absolute atomic E-state index is 0. The van der Waals surface area contributed by atoms with E-state index in [4.69, 9.17) is 0 Å². The van der Waals surface area contributed by atoms with Crippen LogP contribution in [0.15, 0.2) is 48.6 Å². The smallest absolute Gasteiger partial charge is 0.0745 e. The Hall–Kier alpha value is -0.427. The van der Waals surface area contributed by atoms with E-state index in [1.165, 1.54) is 41.5 Å². The summed E-state index contributed by atoms with van der Waals surface area (Å²) >= 11 is 1.30. The fourth-order valence-electron chi connectivity index (χ4n) is 1.27. The summed E-state index contributed by atoms with van der Waals surface area (Å²) in [6.45, 7) is 12.5. The molecule has 0 fully saturated rings. The van der Waals surface area contributed by atoms with Crippen LogP contribution in [0.4, 0.5) is 0 Å². The van der Waals surface area contributed by atoms with E-state index in [0.29, 0.717) is 0 Å². The minimum atomic E-state index is 0. The summed E-state index contributed by atoms with van der Waals surface area (Å²) in [5.74, 6) is 2.83. The molecular formula is C26H45Cl2NZr-8. The molecule has 1 N–H and O–H groups in total. The molecule has 2 aromatic rings. The number of hydrogen-bond donors (Lipinski definition) is 1. The molecule has 0 radical (unpaired) electrons. The van der Waals surface area contributed by atoms with Crippen LogP contribution in [0.25, 0.3) is 10.9 Å². The Balaban J connectivity index is -0.0000000346. The number of aromatic nitrogens is 1. The topological polar surface area (TPSA) is 15.8 Å². The molecule has 1 nitrogen and oxygen atoms in total. The summed E-state index contributed by atoms with van der Waals surface area (Å²) in [4.78, 5) is 2.99. The molecule has 0 saturated carbocycles. The van der Waals surface area contributed by atoms with Crippen molar-refractivity contribution in [1.82, 2.24) is 4.98 Å². The van der Waals surface area contributed by atoms with Crippen molar-refractivity contribution in [2.24, 2.45) is 0 Å². The maximum absolute atomic E-state index is 3.34. The first-order valence-electron chi connectivity index (χ1n) is 7.98. The number of hydrogen-bond acceptors (Lipinski definition) is 0. The Morgan fingerprint density at radius 3 is 1.60 bits per heavy atom. The normalized spacial score (nSPS) is 8.50. The average Bonchev–Trinajstić information content (AvgIpc) is 3.23. The zero-order valence-electron chi connectivity index (χ0n) is 20.8. The van der Waals surface area contributed by atoms with Crippen LogP contribution in [0.3, 0.4) is 0 Å². The maximum Gasteiger partial charge on any atom is -0.0745 e. The molecular weight excluding hydrogens is 488 g/mol. The molecule has 3 rings (SSSR count). The first-order valence-corrected chi connectivity index (χ1v) is 9.71. The van der Waals surface area contributed by atoms with Gasteiger partial charge in [0, 0.05) is 0 Å². The van der Waals surface area contributed by atoms with Crippen molar-refractivity contribution in [1.29, 1.82) is 0 Å². The predicted molar refractivity (Wildman–Crippen MR) is 147 cm³/mol. The van der Waals surface area contributed by atoms with Gasteiger partial charge in [-0.25, -0.2) is 12.2 Å². The van der Waals surface area contributed by atoms with Crippen molar-refractivity contribution in [2.45, 2.75) is 48.0 Å². The summed E-state index contributed by atoms with van der Waals surface area (Å²) in [6.07, 6.45) is 12.9. The first-order chi connectivity index (χ1) is 11.4. The Labute approximate surface area is 218 Å². The molecule has 1 aromatic heterocycles. The van der Waals surface area contributed by atoms with Crippen LogP contribution < -0.4 is 0 Å². The molecule has 0 amide bonds. The van der Waals surface area contributed by atoms with Crippen LogP contribution in [0.2, 0.25) is 0 Å². The summed E-state index contributed by atoms with van der Waals surface area (Å²) in [5.41, 5.74) is 1.15. The van der Waals surface area contributed by atoms with Gasteiger partial charge in [-0.2, -0.15) is 59.1 Å². The number of para-hydroxylation sites is 1. The quantitative estimate of drug-likeness (QED) is 0.325. The fourth-order valence-corrected chi connectivity index (χ4v) is 1.27. The predicted octanol–water partition coefficient (Wildman–Crippen LogP) is 9.12. The monoisotopic (exact) mass is 531 g/mol. The van der Waals surface area contributed by atoms with E-state index in [0.717, 1.165) is 11.9 Å². The maximum atomic E-state index is 3.34. The van der Waals surface area contributed by atoms with Gasteiger partial charge >= 0.3 is 28.4 Å². The van der Waals surface area contributed by atoms with E-state index in [2.05, 4.69) is 75.2 Å². The second kappa shape index (κ2) is 39.1. The van der Waals surface area contributed by atoms with Crippen LogP contribution in [0, 0.1) is 53.8 Å². The number of allylic oxidation sites excluding steroid dienone is 4. The largest absolute Gasteiger partial charge is 0.477 e.